The molecule has 0 radical (unpaired) electrons. The quantitative estimate of drug-likeness (QED) is 0.719. The molecule has 1 fully saturated rings. The van der Waals surface area contributed by atoms with Crippen LogP contribution in [0.1, 0.15) is 19.3 Å². The Hall–Kier alpha value is -0.170. The van der Waals surface area contributed by atoms with Gasteiger partial charge in [0.1, 0.15) is 0 Å². The first-order valence-electron chi connectivity index (χ1n) is 5.23. The summed E-state index contributed by atoms with van der Waals surface area (Å²) >= 11 is 0. The second kappa shape index (κ2) is 5.79. The molecule has 1 saturated heterocycles. The van der Waals surface area contributed by atoms with E-state index in [0.29, 0.717) is 6.54 Å². The van der Waals surface area contributed by atoms with Crippen LogP contribution in [0.3, 0.4) is 0 Å². The topological polar surface area (TPSA) is 66.8 Å². The van der Waals surface area contributed by atoms with E-state index in [1.807, 2.05) is 0 Å². The number of aliphatic hydroxyl groups excluding tert-OH is 1. The highest BCUT2D eigenvalue weighted by Crippen LogP contribution is 2.14. The summed E-state index contributed by atoms with van der Waals surface area (Å²) in [5.74, 6) is -0.212. The van der Waals surface area contributed by atoms with Gasteiger partial charge < -0.3 is 9.84 Å². The van der Waals surface area contributed by atoms with E-state index in [1.165, 1.54) is 11.4 Å². The van der Waals surface area contributed by atoms with E-state index in [1.54, 1.807) is 0 Å². The molecule has 0 aromatic rings. The van der Waals surface area contributed by atoms with Crippen molar-refractivity contribution in [2.45, 2.75) is 25.4 Å². The highest BCUT2D eigenvalue weighted by molar-refractivity contribution is 7.89. The monoisotopic (exact) mass is 237 g/mol. The minimum Gasteiger partial charge on any atom is -0.395 e. The molecule has 1 atom stereocenters. The van der Waals surface area contributed by atoms with Gasteiger partial charge in [-0.15, -0.1) is 0 Å². The number of sulfonamides is 1. The molecule has 0 aromatic carbocycles. The van der Waals surface area contributed by atoms with Gasteiger partial charge in [-0.2, -0.15) is 0 Å². The molecular weight excluding hydrogens is 218 g/mol. The van der Waals surface area contributed by atoms with Crippen LogP contribution in [0.2, 0.25) is 0 Å². The first-order valence-corrected chi connectivity index (χ1v) is 6.83. The molecule has 15 heavy (non-hydrogen) atoms. The van der Waals surface area contributed by atoms with Gasteiger partial charge in [0.05, 0.1) is 18.5 Å². The van der Waals surface area contributed by atoms with Gasteiger partial charge in [-0.3, -0.25) is 0 Å². The predicted octanol–water partition coefficient (Wildman–Crippen LogP) is -0.191. The molecule has 5 nitrogen and oxygen atoms in total. The van der Waals surface area contributed by atoms with Gasteiger partial charge in [0.15, 0.2) is 0 Å². The van der Waals surface area contributed by atoms with Crippen LogP contribution in [-0.4, -0.2) is 56.5 Å². The zero-order valence-corrected chi connectivity index (χ0v) is 9.87. The van der Waals surface area contributed by atoms with Crippen LogP contribution in [0, 0.1) is 0 Å². The molecule has 0 aliphatic carbocycles. The average Bonchev–Trinajstić information content (AvgIpc) is 2.19. The van der Waals surface area contributed by atoms with E-state index in [-0.39, 0.29) is 18.5 Å². The largest absolute Gasteiger partial charge is 0.395 e. The van der Waals surface area contributed by atoms with E-state index < -0.39 is 10.0 Å². The molecule has 0 spiro atoms. The molecular formula is C9H19NO4S. The van der Waals surface area contributed by atoms with Gasteiger partial charge in [-0.25, -0.2) is 12.7 Å². The molecule has 1 unspecified atom stereocenters. The third-order valence-electron chi connectivity index (χ3n) is 2.56. The van der Waals surface area contributed by atoms with Crippen LogP contribution in [0.4, 0.5) is 0 Å². The van der Waals surface area contributed by atoms with Gasteiger partial charge in [0.25, 0.3) is 0 Å². The minimum absolute atomic E-state index is 0.0113. The third kappa shape index (κ3) is 4.06. The maximum Gasteiger partial charge on any atom is 0.216 e. The number of hydrogen-bond acceptors (Lipinski definition) is 4. The SMILES string of the molecule is CN(CC1CCCCO1)S(=O)(=O)CCO. The van der Waals surface area contributed by atoms with Crippen molar-refractivity contribution < 1.29 is 18.3 Å². The Labute approximate surface area is 91.1 Å². The van der Waals surface area contributed by atoms with Crippen LogP contribution in [0.5, 0.6) is 0 Å². The van der Waals surface area contributed by atoms with Gasteiger partial charge >= 0.3 is 0 Å². The summed E-state index contributed by atoms with van der Waals surface area (Å²) in [6, 6.07) is 0. The van der Waals surface area contributed by atoms with Crippen molar-refractivity contribution in [3.05, 3.63) is 0 Å². The van der Waals surface area contributed by atoms with Crippen LogP contribution < -0.4 is 0 Å². The molecule has 1 aliphatic rings. The summed E-state index contributed by atoms with van der Waals surface area (Å²) in [4.78, 5) is 0. The second-order valence-corrected chi connectivity index (χ2v) is 6.00. The lowest BCUT2D eigenvalue weighted by molar-refractivity contribution is 0.00855. The maximum atomic E-state index is 11.5. The molecule has 1 heterocycles. The van der Waals surface area contributed by atoms with Crippen molar-refractivity contribution in [2.24, 2.45) is 0 Å². The van der Waals surface area contributed by atoms with Gasteiger partial charge in [0, 0.05) is 20.2 Å². The summed E-state index contributed by atoms with van der Waals surface area (Å²) in [5.41, 5.74) is 0. The third-order valence-corrected chi connectivity index (χ3v) is 4.36. The first-order chi connectivity index (χ1) is 7.06. The molecule has 0 saturated carbocycles. The summed E-state index contributed by atoms with van der Waals surface area (Å²) in [7, 11) is -1.78. The molecule has 1 aliphatic heterocycles. The summed E-state index contributed by atoms with van der Waals surface area (Å²) in [6.45, 7) is 0.777. The van der Waals surface area contributed by atoms with Gasteiger partial charge in [-0.1, -0.05) is 0 Å². The molecule has 90 valence electrons. The van der Waals surface area contributed by atoms with Gasteiger partial charge in [0.2, 0.25) is 10.0 Å². The first kappa shape index (κ1) is 12.9. The minimum atomic E-state index is -3.31. The number of likely N-dealkylation sites (N-methyl/N-ethyl adjacent to an activating group) is 1. The fraction of sp³-hybridized carbons (Fsp3) is 1.00. The van der Waals surface area contributed by atoms with E-state index in [2.05, 4.69) is 0 Å². The Morgan fingerprint density at radius 3 is 2.73 bits per heavy atom. The molecule has 0 amide bonds. The lowest BCUT2D eigenvalue weighted by Crippen LogP contribution is -2.38. The predicted molar refractivity (Wildman–Crippen MR) is 57.1 cm³/mol. The number of rotatable bonds is 5. The van der Waals surface area contributed by atoms with Crippen molar-refractivity contribution in [1.29, 1.82) is 0 Å². The van der Waals surface area contributed by atoms with Crippen LogP contribution >= 0.6 is 0 Å². The number of ether oxygens (including phenoxy) is 1. The highest BCUT2D eigenvalue weighted by atomic mass is 32.2. The Morgan fingerprint density at radius 2 is 2.20 bits per heavy atom. The molecule has 0 bridgehead atoms. The molecule has 1 N–H and O–H groups in total. The summed E-state index contributed by atoms with van der Waals surface area (Å²) in [5, 5.41) is 8.62. The fourth-order valence-corrected chi connectivity index (χ4v) is 2.56. The lowest BCUT2D eigenvalue weighted by atomic mass is 10.1. The number of nitrogens with zero attached hydrogens (tertiary/aromatic N) is 1. The van der Waals surface area contributed by atoms with Crippen molar-refractivity contribution in [3.8, 4) is 0 Å². The van der Waals surface area contributed by atoms with Crippen LogP contribution in [0.25, 0.3) is 0 Å². The molecule has 6 heteroatoms. The van der Waals surface area contributed by atoms with E-state index in [4.69, 9.17) is 9.84 Å². The Bertz CT molecular complexity index is 272. The van der Waals surface area contributed by atoms with E-state index in [0.717, 1.165) is 25.9 Å². The average molecular weight is 237 g/mol. The normalized spacial score (nSPS) is 23.3. The second-order valence-electron chi connectivity index (χ2n) is 3.81. The Kier molecular flexibility index (Phi) is 4.98. The van der Waals surface area contributed by atoms with E-state index in [9.17, 15) is 8.42 Å². The number of hydrogen-bond donors (Lipinski definition) is 1. The lowest BCUT2D eigenvalue weighted by Gasteiger charge is -2.26. The van der Waals surface area contributed by atoms with Gasteiger partial charge in [-0.05, 0) is 19.3 Å². The fourth-order valence-electron chi connectivity index (χ4n) is 1.62. The molecule has 1 rings (SSSR count). The van der Waals surface area contributed by atoms with Crippen molar-refractivity contribution in [2.75, 3.05) is 32.6 Å². The summed E-state index contributed by atoms with van der Waals surface area (Å²) < 4.78 is 29.8. The zero-order chi connectivity index (χ0) is 11.3. The van der Waals surface area contributed by atoms with Crippen molar-refractivity contribution in [1.82, 2.24) is 4.31 Å². The molecule has 0 aromatic heterocycles. The van der Waals surface area contributed by atoms with Crippen molar-refractivity contribution >= 4 is 10.0 Å². The maximum absolute atomic E-state index is 11.5. The standard InChI is InChI=1S/C9H19NO4S/c1-10(15(12,13)7-5-11)8-9-4-2-3-6-14-9/h9,11H,2-8H2,1H3. The van der Waals surface area contributed by atoms with E-state index >= 15 is 0 Å². The van der Waals surface area contributed by atoms with Crippen molar-refractivity contribution in [3.63, 3.8) is 0 Å². The Morgan fingerprint density at radius 1 is 1.47 bits per heavy atom. The smallest absolute Gasteiger partial charge is 0.216 e. The number of aliphatic hydroxyl groups is 1. The van der Waals surface area contributed by atoms with Crippen LogP contribution in [-0.2, 0) is 14.8 Å². The summed E-state index contributed by atoms with van der Waals surface area (Å²) in [6.07, 6.45) is 3.08. The zero-order valence-electron chi connectivity index (χ0n) is 9.05. The highest BCUT2D eigenvalue weighted by Gasteiger charge is 2.22. The Balaban J connectivity index is 2.43. The van der Waals surface area contributed by atoms with Crippen LogP contribution in [0.15, 0.2) is 0 Å².